The lowest BCUT2D eigenvalue weighted by Gasteiger charge is -2.27. The maximum absolute atomic E-state index is 13.1. The molecule has 4 rings (SSSR count). The summed E-state index contributed by atoms with van der Waals surface area (Å²) < 4.78 is 16.6. The molecule has 0 radical (unpaired) electrons. The van der Waals surface area contributed by atoms with E-state index in [4.69, 9.17) is 14.2 Å². The molecule has 1 fully saturated rings. The van der Waals surface area contributed by atoms with Gasteiger partial charge in [0.1, 0.15) is 6.04 Å². The SMILES string of the molecule is O=C1CCC(N2C(=O)c3cccc(NCCOCCOCCOCc4ccccc4)c3C2=O)C(=O)N1. The lowest BCUT2D eigenvalue weighted by Crippen LogP contribution is -2.54. The van der Waals surface area contributed by atoms with E-state index in [0.717, 1.165) is 10.5 Å². The van der Waals surface area contributed by atoms with E-state index in [9.17, 15) is 19.2 Å². The van der Waals surface area contributed by atoms with Crippen LogP contribution in [0.15, 0.2) is 48.5 Å². The molecule has 36 heavy (non-hydrogen) atoms. The average Bonchev–Trinajstić information content (AvgIpc) is 3.13. The van der Waals surface area contributed by atoms with Crippen molar-refractivity contribution in [1.29, 1.82) is 0 Å². The molecular weight excluding hydrogens is 466 g/mol. The maximum atomic E-state index is 13.1. The Bertz CT molecular complexity index is 1110. The van der Waals surface area contributed by atoms with Gasteiger partial charge in [0, 0.05) is 18.7 Å². The highest BCUT2D eigenvalue weighted by atomic mass is 16.5. The molecule has 2 N–H and O–H groups in total. The molecule has 0 spiro atoms. The van der Waals surface area contributed by atoms with Crippen LogP contribution in [0.4, 0.5) is 5.69 Å². The van der Waals surface area contributed by atoms with Crippen LogP contribution in [-0.2, 0) is 30.4 Å². The molecule has 2 aliphatic rings. The molecule has 0 bridgehead atoms. The Morgan fingerprint density at radius 3 is 2.31 bits per heavy atom. The second-order valence-corrected chi connectivity index (χ2v) is 8.37. The van der Waals surface area contributed by atoms with Crippen LogP contribution in [0, 0.1) is 0 Å². The Morgan fingerprint density at radius 2 is 1.56 bits per heavy atom. The molecule has 2 aromatic rings. The maximum Gasteiger partial charge on any atom is 0.264 e. The first-order valence-electron chi connectivity index (χ1n) is 11.9. The molecule has 2 aromatic carbocycles. The second-order valence-electron chi connectivity index (χ2n) is 8.37. The van der Waals surface area contributed by atoms with Crippen LogP contribution in [0.25, 0.3) is 0 Å². The molecule has 1 unspecified atom stereocenters. The second kappa shape index (κ2) is 12.4. The first kappa shape index (κ1) is 25.5. The number of nitrogens with zero attached hydrogens (tertiary/aromatic N) is 1. The number of hydrogen-bond donors (Lipinski definition) is 2. The highest BCUT2D eigenvalue weighted by molar-refractivity contribution is 6.25. The van der Waals surface area contributed by atoms with Gasteiger partial charge in [0.15, 0.2) is 0 Å². The minimum Gasteiger partial charge on any atom is -0.382 e. The normalized spacial score (nSPS) is 17.3. The number of anilines is 1. The van der Waals surface area contributed by atoms with Crippen LogP contribution in [-0.4, -0.2) is 74.1 Å². The van der Waals surface area contributed by atoms with E-state index >= 15 is 0 Å². The van der Waals surface area contributed by atoms with Crippen molar-refractivity contribution < 1.29 is 33.4 Å². The highest BCUT2D eigenvalue weighted by Gasteiger charge is 2.45. The fourth-order valence-corrected chi connectivity index (χ4v) is 4.12. The van der Waals surface area contributed by atoms with Crippen molar-refractivity contribution in [2.24, 2.45) is 0 Å². The molecule has 10 heteroatoms. The first-order valence-corrected chi connectivity index (χ1v) is 11.9. The molecule has 2 heterocycles. The van der Waals surface area contributed by atoms with Crippen LogP contribution in [0.1, 0.15) is 39.1 Å². The number of piperidine rings is 1. The van der Waals surface area contributed by atoms with Crippen molar-refractivity contribution in [3.8, 4) is 0 Å². The van der Waals surface area contributed by atoms with Crippen LogP contribution < -0.4 is 10.6 Å². The van der Waals surface area contributed by atoms with Crippen LogP contribution in [0.5, 0.6) is 0 Å². The van der Waals surface area contributed by atoms with Crippen LogP contribution in [0.3, 0.4) is 0 Å². The predicted octanol–water partition coefficient (Wildman–Crippen LogP) is 1.75. The summed E-state index contributed by atoms with van der Waals surface area (Å²) in [4.78, 5) is 50.5. The Labute approximate surface area is 208 Å². The fraction of sp³-hybridized carbons (Fsp3) is 0.385. The summed E-state index contributed by atoms with van der Waals surface area (Å²) in [5.41, 5.74) is 2.08. The number of ether oxygens (including phenoxy) is 3. The van der Waals surface area contributed by atoms with Crippen molar-refractivity contribution in [2.45, 2.75) is 25.5 Å². The summed E-state index contributed by atoms with van der Waals surface area (Å²) >= 11 is 0. The standard InChI is InChI=1S/C26H29N3O7/c30-22-10-9-21(24(31)28-22)29-25(32)19-7-4-8-20(23(19)26(29)33)27-11-12-34-13-14-35-15-16-36-17-18-5-2-1-3-6-18/h1-8,21,27H,9-17H2,(H,28,30,31). The Hall–Kier alpha value is -3.60. The number of carbonyl (C=O) groups is 4. The van der Waals surface area contributed by atoms with Crippen molar-refractivity contribution in [3.05, 3.63) is 65.2 Å². The van der Waals surface area contributed by atoms with Crippen molar-refractivity contribution in [1.82, 2.24) is 10.2 Å². The quantitative estimate of drug-likeness (QED) is 0.318. The summed E-state index contributed by atoms with van der Waals surface area (Å²) in [5.74, 6) is -2.11. The van der Waals surface area contributed by atoms with Crippen molar-refractivity contribution in [3.63, 3.8) is 0 Å². The van der Waals surface area contributed by atoms with Gasteiger partial charge in [-0.15, -0.1) is 0 Å². The minimum absolute atomic E-state index is 0.0800. The number of fused-ring (bicyclic) bond motifs is 1. The van der Waals surface area contributed by atoms with Gasteiger partial charge >= 0.3 is 0 Å². The van der Waals surface area contributed by atoms with Gasteiger partial charge in [0.05, 0.1) is 50.8 Å². The van der Waals surface area contributed by atoms with E-state index in [-0.39, 0.29) is 24.0 Å². The topological polar surface area (TPSA) is 123 Å². The molecule has 0 aliphatic carbocycles. The fourth-order valence-electron chi connectivity index (χ4n) is 4.12. The number of imide groups is 2. The molecule has 0 saturated carbocycles. The van der Waals surface area contributed by atoms with Crippen molar-refractivity contribution in [2.75, 3.05) is 44.9 Å². The van der Waals surface area contributed by atoms with E-state index in [1.54, 1.807) is 18.2 Å². The van der Waals surface area contributed by atoms with E-state index in [2.05, 4.69) is 10.6 Å². The molecular formula is C26H29N3O7. The predicted molar refractivity (Wildman–Crippen MR) is 129 cm³/mol. The summed E-state index contributed by atoms with van der Waals surface area (Å²) in [6.45, 7) is 3.15. The zero-order valence-electron chi connectivity index (χ0n) is 19.9. The third kappa shape index (κ3) is 6.14. The average molecular weight is 496 g/mol. The van der Waals surface area contributed by atoms with E-state index in [1.807, 2.05) is 30.3 Å². The Balaban J connectivity index is 1.15. The number of benzene rings is 2. The zero-order valence-corrected chi connectivity index (χ0v) is 19.9. The Morgan fingerprint density at radius 1 is 0.833 bits per heavy atom. The third-order valence-corrected chi connectivity index (χ3v) is 5.89. The van der Waals surface area contributed by atoms with Gasteiger partial charge in [-0.2, -0.15) is 0 Å². The third-order valence-electron chi connectivity index (χ3n) is 5.89. The van der Waals surface area contributed by atoms with E-state index in [1.165, 1.54) is 0 Å². The highest BCUT2D eigenvalue weighted by Crippen LogP contribution is 2.32. The van der Waals surface area contributed by atoms with Gasteiger partial charge in [-0.1, -0.05) is 36.4 Å². The van der Waals surface area contributed by atoms with Crippen LogP contribution in [0.2, 0.25) is 0 Å². The molecule has 4 amide bonds. The molecule has 190 valence electrons. The van der Waals surface area contributed by atoms with Gasteiger partial charge in [0.25, 0.3) is 11.8 Å². The summed E-state index contributed by atoms with van der Waals surface area (Å²) in [6.07, 6.45) is 0.199. The van der Waals surface area contributed by atoms with Gasteiger partial charge in [-0.3, -0.25) is 29.4 Å². The number of carbonyl (C=O) groups excluding carboxylic acids is 4. The lowest BCUT2D eigenvalue weighted by atomic mass is 10.0. The van der Waals surface area contributed by atoms with Gasteiger partial charge in [-0.05, 0) is 24.1 Å². The lowest BCUT2D eigenvalue weighted by molar-refractivity contribution is -0.136. The minimum atomic E-state index is -0.991. The number of hydrogen-bond acceptors (Lipinski definition) is 8. The molecule has 2 aliphatic heterocycles. The zero-order chi connectivity index (χ0) is 25.3. The monoisotopic (exact) mass is 495 g/mol. The smallest absolute Gasteiger partial charge is 0.264 e. The van der Waals surface area contributed by atoms with Gasteiger partial charge in [0.2, 0.25) is 11.8 Å². The molecule has 1 saturated heterocycles. The van der Waals surface area contributed by atoms with E-state index < -0.39 is 29.7 Å². The summed E-state index contributed by atoms with van der Waals surface area (Å²) in [5, 5.41) is 5.33. The molecule has 1 atom stereocenters. The van der Waals surface area contributed by atoms with Gasteiger partial charge in [-0.25, -0.2) is 0 Å². The van der Waals surface area contributed by atoms with Gasteiger partial charge < -0.3 is 19.5 Å². The number of rotatable bonds is 13. The number of nitrogens with one attached hydrogen (secondary N) is 2. The summed E-state index contributed by atoms with van der Waals surface area (Å²) in [7, 11) is 0. The molecule has 10 nitrogen and oxygen atoms in total. The number of amides is 4. The van der Waals surface area contributed by atoms with Crippen molar-refractivity contribution >= 4 is 29.3 Å². The summed E-state index contributed by atoms with van der Waals surface area (Å²) in [6, 6.07) is 13.9. The molecule has 0 aromatic heterocycles. The van der Waals surface area contributed by atoms with Crippen LogP contribution >= 0.6 is 0 Å². The largest absolute Gasteiger partial charge is 0.382 e. The Kier molecular flexibility index (Phi) is 8.77. The first-order chi connectivity index (χ1) is 17.6. The van der Waals surface area contributed by atoms with E-state index in [0.29, 0.717) is 51.9 Å².